The maximum Gasteiger partial charge on any atom is 0.255 e. The minimum atomic E-state index is -0.593. The number of ether oxygens (including phenoxy) is 1. The van der Waals surface area contributed by atoms with Gasteiger partial charge in [-0.3, -0.25) is 9.59 Å². The van der Waals surface area contributed by atoms with Crippen LogP contribution >= 0.6 is 23.1 Å². The second-order valence-electron chi connectivity index (χ2n) is 6.32. The molecule has 0 saturated heterocycles. The topological polar surface area (TPSA) is 67.4 Å². The van der Waals surface area contributed by atoms with Gasteiger partial charge in [0.2, 0.25) is 5.91 Å². The van der Waals surface area contributed by atoms with Crippen LogP contribution < -0.4 is 15.4 Å². The smallest absolute Gasteiger partial charge is 0.255 e. The molecular weight excluding hydrogens is 380 g/mol. The van der Waals surface area contributed by atoms with Crippen LogP contribution in [0.4, 0.5) is 0 Å². The van der Waals surface area contributed by atoms with Gasteiger partial charge in [-0.2, -0.15) is 11.8 Å². The Bertz CT molecular complexity index is 733. The normalized spacial score (nSPS) is 11.9. The van der Waals surface area contributed by atoms with Gasteiger partial charge in [0.1, 0.15) is 11.8 Å². The second kappa shape index (κ2) is 11.0. The third-order valence-corrected chi connectivity index (χ3v) is 6.02. The second-order valence-corrected chi connectivity index (χ2v) is 8.46. The third-order valence-electron chi connectivity index (χ3n) is 3.96. The summed E-state index contributed by atoms with van der Waals surface area (Å²) in [4.78, 5) is 26.4. The molecule has 2 aromatic rings. The lowest BCUT2D eigenvalue weighted by Gasteiger charge is -2.22. The van der Waals surface area contributed by atoms with E-state index in [1.54, 1.807) is 47.4 Å². The highest BCUT2D eigenvalue weighted by molar-refractivity contribution is 7.98. The summed E-state index contributed by atoms with van der Waals surface area (Å²) < 4.78 is 5.23. The largest absolute Gasteiger partial charge is 0.496 e. The van der Waals surface area contributed by atoms with Gasteiger partial charge in [0, 0.05) is 22.9 Å². The highest BCUT2D eigenvalue weighted by Gasteiger charge is 2.25. The zero-order valence-electron chi connectivity index (χ0n) is 15.9. The van der Waals surface area contributed by atoms with Gasteiger partial charge in [-0.25, -0.2) is 0 Å². The molecule has 2 amide bonds. The number of benzene rings is 1. The van der Waals surface area contributed by atoms with Gasteiger partial charge in [-0.05, 0) is 29.5 Å². The molecule has 1 atom stereocenters. The molecule has 7 heteroatoms. The monoisotopic (exact) mass is 406 g/mol. The van der Waals surface area contributed by atoms with Crippen molar-refractivity contribution in [1.29, 1.82) is 0 Å². The Hall–Kier alpha value is -1.99. The molecule has 0 spiro atoms. The van der Waals surface area contributed by atoms with Gasteiger partial charge in [0.15, 0.2) is 0 Å². The highest BCUT2D eigenvalue weighted by atomic mass is 32.2. The summed E-state index contributed by atoms with van der Waals surface area (Å²) in [5, 5.41) is 7.83. The van der Waals surface area contributed by atoms with E-state index < -0.39 is 6.04 Å². The first kappa shape index (κ1) is 21.3. The minimum absolute atomic E-state index is 0.0255. The number of thioether (sulfide) groups is 1. The predicted molar refractivity (Wildman–Crippen MR) is 113 cm³/mol. The van der Waals surface area contributed by atoms with Crippen LogP contribution in [0, 0.1) is 5.92 Å². The summed E-state index contributed by atoms with van der Waals surface area (Å²) in [6, 6.07) is 10.5. The van der Waals surface area contributed by atoms with Crippen molar-refractivity contribution in [2.45, 2.75) is 25.6 Å². The molecule has 0 radical (unpaired) electrons. The first-order chi connectivity index (χ1) is 13.0. The number of nitrogens with one attached hydrogen (secondary N) is 2. The summed E-state index contributed by atoms with van der Waals surface area (Å²) in [7, 11) is 1.52. The summed E-state index contributed by atoms with van der Waals surface area (Å²) in [5.74, 6) is 1.77. The van der Waals surface area contributed by atoms with Crippen molar-refractivity contribution in [3.8, 4) is 5.75 Å². The van der Waals surface area contributed by atoms with Crippen LogP contribution in [0.2, 0.25) is 0 Å². The van der Waals surface area contributed by atoms with E-state index in [1.807, 2.05) is 19.9 Å². The lowest BCUT2D eigenvalue weighted by Crippen LogP contribution is -2.50. The quantitative estimate of drug-likeness (QED) is 0.592. The van der Waals surface area contributed by atoms with E-state index in [0.717, 1.165) is 11.5 Å². The van der Waals surface area contributed by atoms with Gasteiger partial charge in [-0.15, -0.1) is 11.3 Å². The molecule has 1 aromatic heterocycles. The standard InChI is InChI=1S/C20H26N2O3S2/c1-14(2)18(22-19(23)16-8-4-5-9-17(16)25-3)20(24)21-10-12-26-13-15-7-6-11-27-15/h4-9,11,14,18H,10,12-13H2,1-3H3,(H,21,24)(H,22,23)/t18-/m0/s1. The number of carbonyl (C=O) groups is 2. The van der Waals surface area contributed by atoms with E-state index >= 15 is 0 Å². The Morgan fingerprint density at radius 3 is 2.63 bits per heavy atom. The molecule has 27 heavy (non-hydrogen) atoms. The summed E-state index contributed by atoms with van der Waals surface area (Å²) in [6.45, 7) is 4.40. The van der Waals surface area contributed by atoms with Crippen molar-refractivity contribution in [2.24, 2.45) is 5.92 Å². The van der Waals surface area contributed by atoms with E-state index in [2.05, 4.69) is 22.1 Å². The number of methoxy groups -OCH3 is 1. The fourth-order valence-corrected chi connectivity index (χ4v) is 4.21. The molecule has 1 aromatic carbocycles. The maximum absolute atomic E-state index is 12.6. The first-order valence-corrected chi connectivity index (χ1v) is 10.9. The van der Waals surface area contributed by atoms with Crippen LogP contribution in [-0.4, -0.2) is 37.3 Å². The van der Waals surface area contributed by atoms with E-state index in [0.29, 0.717) is 17.9 Å². The van der Waals surface area contributed by atoms with E-state index in [-0.39, 0.29) is 17.7 Å². The Labute approximate surface area is 168 Å². The van der Waals surface area contributed by atoms with Crippen LogP contribution in [0.15, 0.2) is 41.8 Å². The number of para-hydroxylation sites is 1. The fraction of sp³-hybridized carbons (Fsp3) is 0.400. The van der Waals surface area contributed by atoms with Crippen LogP contribution in [0.1, 0.15) is 29.1 Å². The lowest BCUT2D eigenvalue weighted by atomic mass is 10.0. The third kappa shape index (κ3) is 6.59. The van der Waals surface area contributed by atoms with E-state index in [9.17, 15) is 9.59 Å². The Balaban J connectivity index is 1.84. The molecule has 0 aliphatic rings. The molecule has 1 heterocycles. The summed E-state index contributed by atoms with van der Waals surface area (Å²) in [5.41, 5.74) is 0.421. The molecule has 0 aliphatic carbocycles. The zero-order valence-corrected chi connectivity index (χ0v) is 17.5. The number of thiophene rings is 1. The van der Waals surface area contributed by atoms with Crippen LogP contribution in [0.3, 0.4) is 0 Å². The van der Waals surface area contributed by atoms with Crippen molar-refractivity contribution < 1.29 is 14.3 Å². The first-order valence-electron chi connectivity index (χ1n) is 8.84. The molecule has 5 nitrogen and oxygen atoms in total. The minimum Gasteiger partial charge on any atom is -0.496 e. The van der Waals surface area contributed by atoms with Crippen molar-refractivity contribution in [3.05, 3.63) is 52.2 Å². The average molecular weight is 407 g/mol. The molecule has 0 saturated carbocycles. The Kier molecular flexibility index (Phi) is 8.67. The van der Waals surface area contributed by atoms with E-state index in [4.69, 9.17) is 4.74 Å². The molecule has 0 fully saturated rings. The fourth-order valence-electron chi connectivity index (χ4n) is 2.51. The van der Waals surface area contributed by atoms with Gasteiger partial charge in [0.25, 0.3) is 5.91 Å². The SMILES string of the molecule is COc1ccccc1C(=O)N[C@H](C(=O)NCCSCc1cccs1)C(C)C. The molecule has 146 valence electrons. The van der Waals surface area contributed by atoms with Crippen molar-refractivity contribution in [1.82, 2.24) is 10.6 Å². The van der Waals surface area contributed by atoms with Crippen molar-refractivity contribution >= 4 is 34.9 Å². The number of rotatable bonds is 10. The number of hydrogen-bond donors (Lipinski definition) is 2. The van der Waals surface area contributed by atoms with Gasteiger partial charge in [-0.1, -0.05) is 32.0 Å². The number of carbonyl (C=O) groups excluding carboxylic acids is 2. The molecular formula is C20H26N2O3S2. The van der Waals surface area contributed by atoms with Crippen LogP contribution in [0.5, 0.6) is 5.75 Å². The highest BCUT2D eigenvalue weighted by Crippen LogP contribution is 2.18. The van der Waals surface area contributed by atoms with Gasteiger partial charge in [0.05, 0.1) is 12.7 Å². The molecule has 0 unspecified atom stereocenters. The molecule has 0 bridgehead atoms. The lowest BCUT2D eigenvalue weighted by molar-refractivity contribution is -0.123. The average Bonchev–Trinajstić information content (AvgIpc) is 3.18. The predicted octanol–water partition coefficient (Wildman–Crippen LogP) is 3.56. The van der Waals surface area contributed by atoms with Crippen LogP contribution in [0.25, 0.3) is 0 Å². The summed E-state index contributed by atoms with van der Waals surface area (Å²) >= 11 is 3.52. The maximum atomic E-state index is 12.6. The Morgan fingerprint density at radius 2 is 1.96 bits per heavy atom. The molecule has 2 N–H and O–H groups in total. The van der Waals surface area contributed by atoms with E-state index in [1.165, 1.54) is 12.0 Å². The van der Waals surface area contributed by atoms with Gasteiger partial charge < -0.3 is 15.4 Å². The summed E-state index contributed by atoms with van der Waals surface area (Å²) in [6.07, 6.45) is 0. The zero-order chi connectivity index (χ0) is 19.6. The Morgan fingerprint density at radius 1 is 1.19 bits per heavy atom. The van der Waals surface area contributed by atoms with Crippen molar-refractivity contribution in [2.75, 3.05) is 19.4 Å². The molecule has 2 rings (SSSR count). The molecule has 0 aliphatic heterocycles. The van der Waals surface area contributed by atoms with Crippen molar-refractivity contribution in [3.63, 3.8) is 0 Å². The number of hydrogen-bond acceptors (Lipinski definition) is 5. The number of amides is 2. The van der Waals surface area contributed by atoms with Gasteiger partial charge >= 0.3 is 0 Å². The van der Waals surface area contributed by atoms with Crippen LogP contribution in [-0.2, 0) is 10.5 Å².